The van der Waals surface area contributed by atoms with Crippen molar-refractivity contribution in [3.05, 3.63) is 35.4 Å². The lowest BCUT2D eigenvalue weighted by Gasteiger charge is -2.27. The third-order valence-electron chi connectivity index (χ3n) is 5.66. The number of hydrogen-bond donors (Lipinski definition) is 1. The summed E-state index contributed by atoms with van der Waals surface area (Å²) in [6, 6.07) is 3.43. The average molecular weight is 440 g/mol. The van der Waals surface area contributed by atoms with Gasteiger partial charge in [-0.25, -0.2) is 0 Å². The molecular formula is C25H29NO6. The van der Waals surface area contributed by atoms with Gasteiger partial charge in [-0.05, 0) is 55.9 Å². The maximum absolute atomic E-state index is 12.8. The Balaban J connectivity index is 1.74. The van der Waals surface area contributed by atoms with Crippen LogP contribution in [0.4, 0.5) is 0 Å². The molecule has 32 heavy (non-hydrogen) atoms. The van der Waals surface area contributed by atoms with Crippen LogP contribution < -0.4 is 14.2 Å². The molecule has 0 bridgehead atoms. The molecule has 1 aliphatic carbocycles. The lowest BCUT2D eigenvalue weighted by atomic mass is 9.85. The van der Waals surface area contributed by atoms with Crippen molar-refractivity contribution in [2.45, 2.75) is 44.1 Å². The van der Waals surface area contributed by atoms with Crippen molar-refractivity contribution < 1.29 is 28.9 Å². The number of hydrogen-bond acceptors (Lipinski definition) is 6. The first kappa shape index (κ1) is 23.4. The van der Waals surface area contributed by atoms with E-state index in [1.54, 1.807) is 24.3 Å². The van der Waals surface area contributed by atoms with Gasteiger partial charge in [-0.15, -0.1) is 0 Å². The molecule has 2 amide bonds. The number of carbonyl (C=O) groups excluding carboxylic acids is 2. The Kier molecular flexibility index (Phi) is 7.60. The van der Waals surface area contributed by atoms with Gasteiger partial charge in [0, 0.05) is 12.6 Å². The molecule has 0 saturated heterocycles. The fourth-order valence-electron chi connectivity index (χ4n) is 3.89. The number of nitrogens with zero attached hydrogens (tertiary/aromatic N) is 1. The Morgan fingerprint density at radius 1 is 1.09 bits per heavy atom. The molecule has 1 aromatic carbocycles. The normalized spacial score (nSPS) is 17.9. The Hall–Kier alpha value is -3.24. The third-order valence-corrected chi connectivity index (χ3v) is 5.66. The maximum atomic E-state index is 12.8. The summed E-state index contributed by atoms with van der Waals surface area (Å²) in [7, 11) is 4.55. The first-order valence-corrected chi connectivity index (χ1v) is 10.7. The van der Waals surface area contributed by atoms with Gasteiger partial charge in [0.15, 0.2) is 11.5 Å². The van der Waals surface area contributed by atoms with Crippen LogP contribution in [0.1, 0.15) is 44.1 Å². The number of ether oxygens (including phenoxy) is 3. The summed E-state index contributed by atoms with van der Waals surface area (Å²) >= 11 is 0. The van der Waals surface area contributed by atoms with E-state index in [2.05, 4.69) is 11.8 Å². The van der Waals surface area contributed by atoms with Crippen LogP contribution in [0.2, 0.25) is 0 Å². The second kappa shape index (κ2) is 10.4. The second-order valence-corrected chi connectivity index (χ2v) is 7.84. The van der Waals surface area contributed by atoms with E-state index in [0.29, 0.717) is 42.1 Å². The van der Waals surface area contributed by atoms with Crippen LogP contribution in [0, 0.1) is 11.8 Å². The van der Waals surface area contributed by atoms with Gasteiger partial charge in [0.25, 0.3) is 11.8 Å². The summed E-state index contributed by atoms with van der Waals surface area (Å²) in [6.07, 6.45) is 9.35. The summed E-state index contributed by atoms with van der Waals surface area (Å²) in [4.78, 5) is 26.7. The number of benzene rings is 1. The van der Waals surface area contributed by atoms with Gasteiger partial charge in [0.2, 0.25) is 5.75 Å². The van der Waals surface area contributed by atoms with Crippen LogP contribution in [0.3, 0.4) is 0 Å². The summed E-state index contributed by atoms with van der Waals surface area (Å²) in [6.45, 7) is 0.284. The molecule has 1 N–H and O–H groups in total. The predicted octanol–water partition coefficient (Wildman–Crippen LogP) is 3.11. The zero-order chi connectivity index (χ0) is 23.1. The minimum atomic E-state index is -1.04. The fourth-order valence-corrected chi connectivity index (χ4v) is 3.89. The lowest BCUT2D eigenvalue weighted by molar-refractivity contribution is -0.139. The monoisotopic (exact) mass is 439 g/mol. The smallest absolute Gasteiger partial charge is 0.268 e. The standard InChI is InChI=1S/C25H29NO6/c1-30-20-16-18(17-21(31-2)23(20)32-3)9-10-22(27)26-15-7-8-19(24(26)28)11-14-25(29)12-5-4-6-13-25/h8-10,16-17,29H,4-7,12-13,15H2,1-3H3/b10-9+. The second-order valence-electron chi connectivity index (χ2n) is 7.84. The van der Waals surface area contributed by atoms with Crippen molar-refractivity contribution in [2.75, 3.05) is 27.9 Å². The lowest BCUT2D eigenvalue weighted by Crippen LogP contribution is -2.39. The third kappa shape index (κ3) is 5.32. The average Bonchev–Trinajstić information content (AvgIpc) is 2.81. The number of amides is 2. The van der Waals surface area contributed by atoms with Crippen molar-refractivity contribution in [2.24, 2.45) is 0 Å². The van der Waals surface area contributed by atoms with Gasteiger partial charge in [-0.2, -0.15) is 0 Å². The first-order valence-electron chi connectivity index (χ1n) is 10.7. The van der Waals surface area contributed by atoms with E-state index in [9.17, 15) is 14.7 Å². The molecule has 1 heterocycles. The van der Waals surface area contributed by atoms with Crippen molar-refractivity contribution in [3.63, 3.8) is 0 Å². The van der Waals surface area contributed by atoms with Gasteiger partial charge >= 0.3 is 0 Å². The topological polar surface area (TPSA) is 85.3 Å². The van der Waals surface area contributed by atoms with Crippen LogP contribution in [-0.2, 0) is 9.59 Å². The quantitative estimate of drug-likeness (QED) is 0.561. The van der Waals surface area contributed by atoms with Gasteiger partial charge in [-0.3, -0.25) is 14.5 Å². The molecule has 0 aromatic heterocycles. The molecular weight excluding hydrogens is 410 g/mol. The van der Waals surface area contributed by atoms with Crippen molar-refractivity contribution in [1.29, 1.82) is 0 Å². The Morgan fingerprint density at radius 2 is 1.75 bits per heavy atom. The fraction of sp³-hybridized carbons (Fsp3) is 0.440. The molecule has 7 heteroatoms. The van der Waals surface area contributed by atoms with E-state index in [-0.39, 0.29) is 12.1 Å². The summed E-state index contributed by atoms with van der Waals surface area (Å²) in [5, 5.41) is 10.6. The van der Waals surface area contributed by atoms with Crippen LogP contribution in [0.5, 0.6) is 17.2 Å². The molecule has 0 radical (unpaired) electrons. The first-order chi connectivity index (χ1) is 15.4. The minimum absolute atomic E-state index is 0.254. The van der Waals surface area contributed by atoms with Gasteiger partial charge in [0.1, 0.15) is 5.60 Å². The number of carbonyl (C=O) groups is 2. The van der Waals surface area contributed by atoms with Crippen LogP contribution in [0.15, 0.2) is 29.9 Å². The van der Waals surface area contributed by atoms with E-state index < -0.39 is 17.4 Å². The molecule has 1 fully saturated rings. The highest BCUT2D eigenvalue weighted by atomic mass is 16.5. The minimum Gasteiger partial charge on any atom is -0.493 e. The molecule has 170 valence electrons. The largest absolute Gasteiger partial charge is 0.493 e. The van der Waals surface area contributed by atoms with E-state index in [0.717, 1.165) is 19.3 Å². The van der Waals surface area contributed by atoms with Crippen LogP contribution in [0.25, 0.3) is 6.08 Å². The number of rotatable bonds is 5. The molecule has 0 unspecified atom stereocenters. The number of methoxy groups -OCH3 is 3. The van der Waals surface area contributed by atoms with Crippen LogP contribution >= 0.6 is 0 Å². The summed E-state index contributed by atoms with van der Waals surface area (Å²) in [5.74, 6) is 6.21. The predicted molar refractivity (Wildman–Crippen MR) is 120 cm³/mol. The molecule has 0 atom stereocenters. The zero-order valence-electron chi connectivity index (χ0n) is 18.8. The number of aliphatic hydroxyl groups is 1. The number of imide groups is 1. The van der Waals surface area contributed by atoms with Crippen molar-refractivity contribution in [3.8, 4) is 29.1 Å². The van der Waals surface area contributed by atoms with E-state index >= 15 is 0 Å². The highest BCUT2D eigenvalue weighted by Crippen LogP contribution is 2.38. The van der Waals surface area contributed by atoms with Gasteiger partial charge in [0.05, 0.1) is 26.9 Å². The summed E-state index contributed by atoms with van der Waals surface area (Å²) in [5.41, 5.74) is -0.130. The Morgan fingerprint density at radius 3 is 2.34 bits per heavy atom. The SMILES string of the molecule is COc1cc(/C=C/C(=O)N2CCC=C(C#CC3(O)CCCCC3)C2=O)cc(OC)c1OC. The molecule has 7 nitrogen and oxygen atoms in total. The van der Waals surface area contributed by atoms with Crippen molar-refractivity contribution >= 4 is 17.9 Å². The highest BCUT2D eigenvalue weighted by Gasteiger charge is 2.28. The molecule has 3 rings (SSSR count). The molecule has 2 aliphatic rings. The molecule has 1 aromatic rings. The molecule has 1 aliphatic heterocycles. The van der Waals surface area contributed by atoms with Gasteiger partial charge in [-0.1, -0.05) is 24.3 Å². The highest BCUT2D eigenvalue weighted by molar-refractivity contribution is 6.11. The van der Waals surface area contributed by atoms with Gasteiger partial charge < -0.3 is 19.3 Å². The molecule has 0 spiro atoms. The van der Waals surface area contributed by atoms with Crippen molar-refractivity contribution in [1.82, 2.24) is 4.90 Å². The Bertz CT molecular complexity index is 966. The van der Waals surface area contributed by atoms with Crippen LogP contribution in [-0.4, -0.2) is 55.3 Å². The van der Waals surface area contributed by atoms with E-state index in [1.165, 1.54) is 32.3 Å². The van der Waals surface area contributed by atoms with E-state index in [4.69, 9.17) is 14.2 Å². The molecule has 1 saturated carbocycles. The van der Waals surface area contributed by atoms with E-state index in [1.807, 2.05) is 0 Å². The summed E-state index contributed by atoms with van der Waals surface area (Å²) < 4.78 is 16.0. The zero-order valence-corrected chi connectivity index (χ0v) is 18.8. The Labute approximate surface area is 188 Å². The maximum Gasteiger partial charge on any atom is 0.268 e.